The van der Waals surface area contributed by atoms with E-state index >= 15 is 0 Å². The van der Waals surface area contributed by atoms with Gasteiger partial charge in [-0.3, -0.25) is 9.69 Å². The first-order valence-electron chi connectivity index (χ1n) is 5.23. The molecular weight excluding hydrogens is 276 g/mol. The Labute approximate surface area is 113 Å². The molecule has 1 fully saturated rings. The molecule has 0 atom stereocenters. The van der Waals surface area contributed by atoms with E-state index in [4.69, 9.17) is 12.2 Å². The van der Waals surface area contributed by atoms with Gasteiger partial charge in [-0.2, -0.15) is 0 Å². The zero-order valence-corrected chi connectivity index (χ0v) is 11.1. The van der Waals surface area contributed by atoms with Crippen molar-refractivity contribution in [2.45, 2.75) is 6.92 Å². The van der Waals surface area contributed by atoms with Crippen LogP contribution in [-0.2, 0) is 4.79 Å². The van der Waals surface area contributed by atoms with Crippen LogP contribution in [-0.4, -0.2) is 21.7 Å². The van der Waals surface area contributed by atoms with Gasteiger partial charge in [0.05, 0.1) is 4.91 Å². The fourth-order valence-corrected chi connectivity index (χ4v) is 2.91. The van der Waals surface area contributed by atoms with E-state index in [1.165, 1.54) is 17.0 Å². The van der Waals surface area contributed by atoms with Gasteiger partial charge in [0.15, 0.2) is 0 Å². The number of nitrogens with zero attached hydrogens (tertiary/aromatic N) is 1. The van der Waals surface area contributed by atoms with Crippen molar-refractivity contribution >= 4 is 40.3 Å². The molecule has 0 aromatic heterocycles. The summed E-state index contributed by atoms with van der Waals surface area (Å²) in [5.74, 6) is -1.58. The molecule has 0 aliphatic carbocycles. The normalized spacial score (nSPS) is 17.9. The van der Waals surface area contributed by atoms with Crippen LogP contribution in [0, 0.1) is 11.6 Å². The van der Waals surface area contributed by atoms with E-state index in [1.54, 1.807) is 0 Å². The quantitative estimate of drug-likeness (QED) is 0.615. The van der Waals surface area contributed by atoms with Crippen LogP contribution in [0.3, 0.4) is 0 Å². The molecule has 18 heavy (non-hydrogen) atoms. The van der Waals surface area contributed by atoms with Crippen molar-refractivity contribution in [1.82, 2.24) is 4.90 Å². The summed E-state index contributed by atoms with van der Waals surface area (Å²) in [5, 5.41) is 0. The number of rotatable bonds is 2. The molecule has 0 saturated carbocycles. The standard InChI is InChI=1S/C12H9F2NOS2/c1-2-15-11(16)10(18-12(15)17)5-7-3-4-8(13)6-9(7)14/h3-6H,2H2,1H3/b10-5+. The molecule has 1 aliphatic heterocycles. The summed E-state index contributed by atoms with van der Waals surface area (Å²) in [5.41, 5.74) is 0.174. The third kappa shape index (κ3) is 2.44. The molecule has 94 valence electrons. The third-order valence-electron chi connectivity index (χ3n) is 2.44. The second-order valence-corrected chi connectivity index (χ2v) is 5.27. The smallest absolute Gasteiger partial charge is 0.266 e. The lowest BCUT2D eigenvalue weighted by molar-refractivity contribution is -0.121. The molecule has 0 bridgehead atoms. The van der Waals surface area contributed by atoms with E-state index in [0.29, 0.717) is 15.8 Å². The van der Waals surface area contributed by atoms with Crippen LogP contribution in [0.25, 0.3) is 6.08 Å². The monoisotopic (exact) mass is 285 g/mol. The van der Waals surface area contributed by atoms with E-state index in [-0.39, 0.29) is 11.5 Å². The van der Waals surface area contributed by atoms with Gasteiger partial charge in [-0.1, -0.05) is 24.0 Å². The van der Waals surface area contributed by atoms with Gasteiger partial charge >= 0.3 is 0 Å². The SMILES string of the molecule is CCN1C(=O)/C(=C\c2ccc(F)cc2F)SC1=S. The highest BCUT2D eigenvalue weighted by Crippen LogP contribution is 2.32. The Balaban J connectivity index is 2.35. The maximum atomic E-state index is 13.5. The molecule has 0 radical (unpaired) electrons. The number of amides is 1. The van der Waals surface area contributed by atoms with Gasteiger partial charge < -0.3 is 0 Å². The predicted molar refractivity (Wildman–Crippen MR) is 71.9 cm³/mol. The average Bonchev–Trinajstić information content (AvgIpc) is 2.58. The molecule has 1 saturated heterocycles. The molecule has 2 nitrogen and oxygen atoms in total. The number of carbonyl (C=O) groups excluding carboxylic acids is 1. The van der Waals surface area contributed by atoms with Gasteiger partial charge in [0.2, 0.25) is 0 Å². The number of carbonyl (C=O) groups is 1. The first-order chi connectivity index (χ1) is 8.52. The summed E-state index contributed by atoms with van der Waals surface area (Å²) >= 11 is 6.16. The van der Waals surface area contributed by atoms with Gasteiger partial charge in [0, 0.05) is 18.2 Å². The lowest BCUT2D eigenvalue weighted by atomic mass is 10.2. The van der Waals surface area contributed by atoms with Gasteiger partial charge in [0.1, 0.15) is 16.0 Å². The number of likely N-dealkylation sites (N-methyl/N-ethyl adjacent to an activating group) is 1. The Morgan fingerprint density at radius 2 is 2.17 bits per heavy atom. The van der Waals surface area contributed by atoms with Crippen LogP contribution >= 0.6 is 24.0 Å². The van der Waals surface area contributed by atoms with Crippen LogP contribution in [0.1, 0.15) is 12.5 Å². The molecule has 6 heteroatoms. The lowest BCUT2D eigenvalue weighted by Crippen LogP contribution is -2.27. The Hall–Kier alpha value is -1.27. The molecule has 1 aromatic rings. The molecule has 0 unspecified atom stereocenters. The molecule has 1 aromatic carbocycles. The summed E-state index contributed by atoms with van der Waals surface area (Å²) in [7, 11) is 0. The van der Waals surface area contributed by atoms with Crippen molar-refractivity contribution in [1.29, 1.82) is 0 Å². The zero-order chi connectivity index (χ0) is 13.3. The number of hydrogen-bond acceptors (Lipinski definition) is 3. The Morgan fingerprint density at radius 3 is 2.72 bits per heavy atom. The maximum Gasteiger partial charge on any atom is 0.266 e. The van der Waals surface area contributed by atoms with E-state index in [1.807, 2.05) is 6.92 Å². The average molecular weight is 285 g/mol. The first-order valence-corrected chi connectivity index (χ1v) is 6.46. The Morgan fingerprint density at radius 1 is 1.44 bits per heavy atom. The number of halogens is 2. The third-order valence-corrected chi connectivity index (χ3v) is 3.82. The van der Waals surface area contributed by atoms with E-state index in [0.717, 1.165) is 23.9 Å². The second kappa shape index (κ2) is 5.16. The molecule has 0 N–H and O–H groups in total. The number of thiocarbonyl (C=S) groups is 1. The van der Waals surface area contributed by atoms with Crippen molar-refractivity contribution in [3.63, 3.8) is 0 Å². The molecule has 1 aliphatic rings. The zero-order valence-electron chi connectivity index (χ0n) is 9.44. The van der Waals surface area contributed by atoms with Crippen LogP contribution in [0.15, 0.2) is 23.1 Å². The minimum absolute atomic E-state index is 0.174. The number of thioether (sulfide) groups is 1. The van der Waals surface area contributed by atoms with Crippen LogP contribution in [0.5, 0.6) is 0 Å². The second-order valence-electron chi connectivity index (χ2n) is 3.59. The van der Waals surface area contributed by atoms with Crippen molar-refractivity contribution in [2.24, 2.45) is 0 Å². The molecular formula is C12H9F2NOS2. The topological polar surface area (TPSA) is 20.3 Å². The predicted octanol–water partition coefficient (Wildman–Crippen LogP) is 3.19. The molecule has 0 spiro atoms. The van der Waals surface area contributed by atoms with Crippen molar-refractivity contribution < 1.29 is 13.6 Å². The summed E-state index contributed by atoms with van der Waals surface area (Å²) < 4.78 is 26.7. The minimum atomic E-state index is -0.697. The summed E-state index contributed by atoms with van der Waals surface area (Å²) in [4.78, 5) is 13.7. The highest BCUT2D eigenvalue weighted by atomic mass is 32.2. The lowest BCUT2D eigenvalue weighted by Gasteiger charge is -2.09. The van der Waals surface area contributed by atoms with Crippen molar-refractivity contribution in [3.05, 3.63) is 40.3 Å². The molecule has 1 amide bonds. The fourth-order valence-electron chi connectivity index (χ4n) is 1.53. The Bertz CT molecular complexity index is 557. The van der Waals surface area contributed by atoms with E-state index in [9.17, 15) is 13.6 Å². The fraction of sp³-hybridized carbons (Fsp3) is 0.167. The van der Waals surface area contributed by atoms with Gasteiger partial charge in [-0.25, -0.2) is 8.78 Å². The summed E-state index contributed by atoms with van der Waals surface area (Å²) in [6.07, 6.45) is 1.39. The summed E-state index contributed by atoms with van der Waals surface area (Å²) in [6, 6.07) is 3.23. The Kier molecular flexibility index (Phi) is 3.77. The highest BCUT2D eigenvalue weighted by molar-refractivity contribution is 8.26. The number of hydrogen-bond donors (Lipinski definition) is 0. The van der Waals surface area contributed by atoms with Gasteiger partial charge in [-0.05, 0) is 25.1 Å². The maximum absolute atomic E-state index is 13.5. The van der Waals surface area contributed by atoms with E-state index in [2.05, 4.69) is 0 Å². The van der Waals surface area contributed by atoms with Crippen molar-refractivity contribution in [2.75, 3.05) is 6.54 Å². The minimum Gasteiger partial charge on any atom is -0.293 e. The van der Waals surface area contributed by atoms with Crippen LogP contribution in [0.2, 0.25) is 0 Å². The van der Waals surface area contributed by atoms with Crippen molar-refractivity contribution in [3.8, 4) is 0 Å². The van der Waals surface area contributed by atoms with Gasteiger partial charge in [-0.15, -0.1) is 0 Å². The van der Waals surface area contributed by atoms with Crippen LogP contribution < -0.4 is 0 Å². The summed E-state index contributed by atoms with van der Waals surface area (Å²) in [6.45, 7) is 2.29. The largest absolute Gasteiger partial charge is 0.293 e. The van der Waals surface area contributed by atoms with Gasteiger partial charge in [0.25, 0.3) is 5.91 Å². The number of benzene rings is 1. The highest BCUT2D eigenvalue weighted by Gasteiger charge is 2.30. The first kappa shape index (κ1) is 13.2. The van der Waals surface area contributed by atoms with Crippen LogP contribution in [0.4, 0.5) is 8.78 Å². The van der Waals surface area contributed by atoms with E-state index < -0.39 is 11.6 Å². The molecule has 1 heterocycles. The molecule has 2 rings (SSSR count).